The SMILES string of the molecule is CNCC1CC(c2cccc(C)c2)C1. The number of hydrogen-bond acceptors (Lipinski definition) is 1. The molecule has 14 heavy (non-hydrogen) atoms. The molecule has 1 fully saturated rings. The summed E-state index contributed by atoms with van der Waals surface area (Å²) >= 11 is 0. The number of nitrogens with one attached hydrogen (secondary N) is 1. The van der Waals surface area contributed by atoms with Crippen LogP contribution in [0.5, 0.6) is 0 Å². The maximum atomic E-state index is 3.25. The van der Waals surface area contributed by atoms with Gasteiger partial charge in [-0.2, -0.15) is 0 Å². The van der Waals surface area contributed by atoms with Gasteiger partial charge in [0.25, 0.3) is 0 Å². The highest BCUT2D eigenvalue weighted by Gasteiger charge is 2.29. The van der Waals surface area contributed by atoms with Gasteiger partial charge in [0.2, 0.25) is 0 Å². The molecule has 0 amide bonds. The first kappa shape index (κ1) is 9.72. The molecule has 0 heterocycles. The third kappa shape index (κ3) is 1.98. The molecule has 0 unspecified atom stereocenters. The van der Waals surface area contributed by atoms with Crippen molar-refractivity contribution >= 4 is 0 Å². The monoisotopic (exact) mass is 189 g/mol. The van der Waals surface area contributed by atoms with Crippen LogP contribution < -0.4 is 5.32 Å². The molecular weight excluding hydrogens is 170 g/mol. The van der Waals surface area contributed by atoms with E-state index >= 15 is 0 Å². The van der Waals surface area contributed by atoms with Crippen LogP contribution in [0.15, 0.2) is 24.3 Å². The van der Waals surface area contributed by atoms with Crippen molar-refractivity contribution in [1.29, 1.82) is 0 Å². The fourth-order valence-corrected chi connectivity index (χ4v) is 2.39. The molecular formula is C13H19N. The maximum Gasteiger partial charge on any atom is -0.00231 e. The van der Waals surface area contributed by atoms with E-state index < -0.39 is 0 Å². The maximum absolute atomic E-state index is 3.25. The molecule has 0 aliphatic heterocycles. The van der Waals surface area contributed by atoms with Crippen LogP contribution >= 0.6 is 0 Å². The van der Waals surface area contributed by atoms with Crippen molar-refractivity contribution in [3.63, 3.8) is 0 Å². The third-order valence-electron chi connectivity index (χ3n) is 3.24. The summed E-state index contributed by atoms with van der Waals surface area (Å²) in [6, 6.07) is 8.96. The lowest BCUT2D eigenvalue weighted by Crippen LogP contribution is -2.30. The molecule has 0 atom stereocenters. The van der Waals surface area contributed by atoms with Crippen molar-refractivity contribution in [1.82, 2.24) is 5.32 Å². The van der Waals surface area contributed by atoms with E-state index in [0.717, 1.165) is 11.8 Å². The summed E-state index contributed by atoms with van der Waals surface area (Å²) in [5.74, 6) is 1.73. The molecule has 0 aromatic heterocycles. The van der Waals surface area contributed by atoms with E-state index in [9.17, 15) is 0 Å². The number of rotatable bonds is 3. The fourth-order valence-electron chi connectivity index (χ4n) is 2.39. The predicted molar refractivity (Wildman–Crippen MR) is 60.6 cm³/mol. The van der Waals surface area contributed by atoms with Gasteiger partial charge < -0.3 is 5.32 Å². The molecule has 1 aliphatic rings. The molecule has 1 aromatic rings. The zero-order chi connectivity index (χ0) is 9.97. The van der Waals surface area contributed by atoms with Crippen LogP contribution in [0.3, 0.4) is 0 Å². The van der Waals surface area contributed by atoms with Gasteiger partial charge in [0.05, 0.1) is 0 Å². The van der Waals surface area contributed by atoms with Crippen LogP contribution in [0.25, 0.3) is 0 Å². The van der Waals surface area contributed by atoms with Gasteiger partial charge in [-0.05, 0) is 50.8 Å². The second-order valence-corrected chi connectivity index (χ2v) is 4.51. The van der Waals surface area contributed by atoms with E-state index in [0.29, 0.717) is 0 Å². The normalized spacial score (nSPS) is 25.9. The quantitative estimate of drug-likeness (QED) is 0.771. The van der Waals surface area contributed by atoms with E-state index in [4.69, 9.17) is 0 Å². The molecule has 1 saturated carbocycles. The van der Waals surface area contributed by atoms with Crippen molar-refractivity contribution < 1.29 is 0 Å². The van der Waals surface area contributed by atoms with Crippen molar-refractivity contribution in [3.05, 3.63) is 35.4 Å². The Hall–Kier alpha value is -0.820. The van der Waals surface area contributed by atoms with Crippen molar-refractivity contribution in [2.24, 2.45) is 5.92 Å². The third-order valence-corrected chi connectivity index (χ3v) is 3.24. The zero-order valence-electron chi connectivity index (χ0n) is 9.09. The van der Waals surface area contributed by atoms with Crippen LogP contribution in [0.1, 0.15) is 29.9 Å². The summed E-state index contributed by atoms with van der Waals surface area (Å²) in [5.41, 5.74) is 2.93. The Bertz CT molecular complexity index is 300. The molecule has 0 radical (unpaired) electrons. The lowest BCUT2D eigenvalue weighted by atomic mass is 9.71. The lowest BCUT2D eigenvalue weighted by molar-refractivity contribution is 0.259. The Morgan fingerprint density at radius 2 is 2.14 bits per heavy atom. The lowest BCUT2D eigenvalue weighted by Gasteiger charge is -2.35. The van der Waals surface area contributed by atoms with Crippen LogP contribution in [0.2, 0.25) is 0 Å². The van der Waals surface area contributed by atoms with Gasteiger partial charge in [-0.15, -0.1) is 0 Å². The van der Waals surface area contributed by atoms with Gasteiger partial charge in [0.15, 0.2) is 0 Å². The minimum absolute atomic E-state index is 0.827. The highest BCUT2D eigenvalue weighted by molar-refractivity contribution is 5.27. The minimum Gasteiger partial charge on any atom is -0.319 e. The summed E-state index contributed by atoms with van der Waals surface area (Å²) in [7, 11) is 2.04. The largest absolute Gasteiger partial charge is 0.319 e. The van der Waals surface area contributed by atoms with Gasteiger partial charge in [0.1, 0.15) is 0 Å². The van der Waals surface area contributed by atoms with E-state index in [2.05, 4.69) is 36.5 Å². The molecule has 0 saturated heterocycles. The summed E-state index contributed by atoms with van der Waals surface area (Å²) in [5, 5.41) is 3.25. The predicted octanol–water partition coefficient (Wildman–Crippen LogP) is 2.71. The standard InChI is InChI=1S/C13H19N/c1-10-4-3-5-12(6-10)13-7-11(8-13)9-14-2/h3-6,11,13-14H,7-9H2,1-2H3. The smallest absolute Gasteiger partial charge is 0.00231 e. The number of aryl methyl sites for hydroxylation is 1. The Morgan fingerprint density at radius 1 is 1.36 bits per heavy atom. The van der Waals surface area contributed by atoms with Crippen LogP contribution in [-0.2, 0) is 0 Å². The van der Waals surface area contributed by atoms with E-state index in [1.807, 2.05) is 7.05 Å². The van der Waals surface area contributed by atoms with E-state index in [1.54, 1.807) is 0 Å². The molecule has 76 valence electrons. The molecule has 2 rings (SSSR count). The molecule has 0 spiro atoms. The molecule has 1 aliphatic carbocycles. The first-order chi connectivity index (χ1) is 6.79. The topological polar surface area (TPSA) is 12.0 Å². The van der Waals surface area contributed by atoms with Gasteiger partial charge in [-0.3, -0.25) is 0 Å². The molecule has 1 nitrogen and oxygen atoms in total. The minimum atomic E-state index is 0.827. The first-order valence-electron chi connectivity index (χ1n) is 5.50. The van der Waals surface area contributed by atoms with Gasteiger partial charge in [-0.25, -0.2) is 0 Å². The Labute approximate surface area is 86.5 Å². The van der Waals surface area contributed by atoms with Crippen molar-refractivity contribution in [3.8, 4) is 0 Å². The molecule has 1 heteroatoms. The average Bonchev–Trinajstić information content (AvgIpc) is 2.10. The van der Waals surface area contributed by atoms with Gasteiger partial charge >= 0.3 is 0 Å². The Morgan fingerprint density at radius 3 is 2.79 bits per heavy atom. The summed E-state index contributed by atoms with van der Waals surface area (Å²) in [4.78, 5) is 0. The van der Waals surface area contributed by atoms with E-state index in [-0.39, 0.29) is 0 Å². The zero-order valence-corrected chi connectivity index (χ0v) is 9.09. The summed E-state index contributed by atoms with van der Waals surface area (Å²) < 4.78 is 0. The highest BCUT2D eigenvalue weighted by atomic mass is 14.8. The Balaban J connectivity index is 1.93. The summed E-state index contributed by atoms with van der Waals surface area (Å²) in [6.07, 6.45) is 2.73. The molecule has 1 N–H and O–H groups in total. The molecule has 1 aromatic carbocycles. The van der Waals surface area contributed by atoms with Gasteiger partial charge in [-0.1, -0.05) is 29.8 Å². The molecule has 0 bridgehead atoms. The summed E-state index contributed by atoms with van der Waals surface area (Å²) in [6.45, 7) is 3.36. The van der Waals surface area contributed by atoms with Crippen molar-refractivity contribution in [2.45, 2.75) is 25.7 Å². The van der Waals surface area contributed by atoms with E-state index in [1.165, 1.54) is 30.5 Å². The number of benzene rings is 1. The second-order valence-electron chi connectivity index (χ2n) is 4.51. The van der Waals surface area contributed by atoms with Gasteiger partial charge in [0, 0.05) is 0 Å². The number of hydrogen-bond donors (Lipinski definition) is 1. The Kier molecular flexibility index (Phi) is 2.87. The first-order valence-corrected chi connectivity index (χ1v) is 5.50. The highest BCUT2D eigenvalue weighted by Crippen LogP contribution is 2.41. The van der Waals surface area contributed by atoms with Crippen LogP contribution in [0.4, 0.5) is 0 Å². The van der Waals surface area contributed by atoms with Crippen LogP contribution in [0, 0.1) is 12.8 Å². The second kappa shape index (κ2) is 4.14. The fraction of sp³-hybridized carbons (Fsp3) is 0.538. The average molecular weight is 189 g/mol. The van der Waals surface area contributed by atoms with Crippen LogP contribution in [-0.4, -0.2) is 13.6 Å². The van der Waals surface area contributed by atoms with Crippen molar-refractivity contribution in [2.75, 3.05) is 13.6 Å².